The average Bonchev–Trinajstić information content (AvgIpc) is 3.42. The van der Waals surface area contributed by atoms with Crippen LogP contribution in [0.4, 0.5) is 32.2 Å². The minimum Gasteiger partial charge on any atom is -0.475 e. The van der Waals surface area contributed by atoms with Gasteiger partial charge >= 0.3 is 24.3 Å². The third-order valence-corrected chi connectivity index (χ3v) is 5.42. The van der Waals surface area contributed by atoms with Crippen LogP contribution in [0, 0.1) is 6.92 Å². The first-order valence-corrected chi connectivity index (χ1v) is 11.1. The number of furan rings is 1. The largest absolute Gasteiger partial charge is 0.490 e. The van der Waals surface area contributed by atoms with E-state index in [0.717, 1.165) is 57.1 Å². The van der Waals surface area contributed by atoms with Gasteiger partial charge in [-0.1, -0.05) is 0 Å². The van der Waals surface area contributed by atoms with Crippen LogP contribution in [0.25, 0.3) is 0 Å². The first-order chi connectivity index (χ1) is 17.2. The Balaban J connectivity index is 0.000000286. The Morgan fingerprint density at radius 3 is 1.95 bits per heavy atom. The predicted molar refractivity (Wildman–Crippen MR) is 117 cm³/mol. The second-order valence-corrected chi connectivity index (χ2v) is 8.21. The van der Waals surface area contributed by atoms with Gasteiger partial charge in [0.15, 0.2) is 0 Å². The van der Waals surface area contributed by atoms with Crippen molar-refractivity contribution in [3.05, 3.63) is 41.2 Å². The van der Waals surface area contributed by atoms with E-state index in [-0.39, 0.29) is 0 Å². The fourth-order valence-electron chi connectivity index (χ4n) is 3.71. The van der Waals surface area contributed by atoms with Crippen LogP contribution >= 0.6 is 0 Å². The van der Waals surface area contributed by atoms with Gasteiger partial charge in [-0.3, -0.25) is 4.90 Å². The lowest BCUT2D eigenvalue weighted by Crippen LogP contribution is -2.26. The third kappa shape index (κ3) is 9.55. The van der Waals surface area contributed by atoms with Crippen molar-refractivity contribution in [3.8, 4) is 0 Å². The summed E-state index contributed by atoms with van der Waals surface area (Å²) in [5, 5.41) is 14.2. The molecule has 206 valence electrons. The van der Waals surface area contributed by atoms with Crippen LogP contribution in [0.5, 0.6) is 0 Å². The molecule has 1 fully saturated rings. The van der Waals surface area contributed by atoms with Crippen LogP contribution in [0.1, 0.15) is 35.6 Å². The lowest BCUT2D eigenvalue weighted by molar-refractivity contribution is -0.193. The number of alkyl halides is 6. The summed E-state index contributed by atoms with van der Waals surface area (Å²) in [6.07, 6.45) is -3.83. The zero-order valence-corrected chi connectivity index (χ0v) is 19.8. The SMILES string of the molecule is Cc1ccc(CN2CCc3ncnc(N4CCCC4)c3CC2)o1.O=C(O)C(F)(F)F.O=C(O)C(F)(F)F. The molecule has 4 rings (SSSR count). The van der Waals surface area contributed by atoms with Gasteiger partial charge in [0.05, 0.1) is 12.2 Å². The number of aliphatic carboxylic acids is 2. The number of aryl methyl sites for hydroxylation is 1. The number of hydrogen-bond donors (Lipinski definition) is 2. The zero-order chi connectivity index (χ0) is 27.8. The molecule has 2 aliphatic rings. The Bertz CT molecular complexity index is 1030. The summed E-state index contributed by atoms with van der Waals surface area (Å²) in [5.41, 5.74) is 2.60. The first-order valence-electron chi connectivity index (χ1n) is 11.1. The molecule has 15 heteroatoms. The van der Waals surface area contributed by atoms with Crippen molar-refractivity contribution in [3.63, 3.8) is 0 Å². The third-order valence-electron chi connectivity index (χ3n) is 5.42. The van der Waals surface area contributed by atoms with Crippen LogP contribution in [-0.4, -0.2) is 75.6 Å². The normalized spacial score (nSPS) is 16.0. The van der Waals surface area contributed by atoms with E-state index in [9.17, 15) is 26.3 Å². The smallest absolute Gasteiger partial charge is 0.475 e. The van der Waals surface area contributed by atoms with Crippen molar-refractivity contribution in [2.75, 3.05) is 31.1 Å². The first kappa shape index (κ1) is 29.9. The highest BCUT2D eigenvalue weighted by atomic mass is 19.4. The minimum atomic E-state index is -5.08. The molecule has 0 radical (unpaired) electrons. The standard InChI is InChI=1S/C18H24N4O.2C2HF3O2/c1-14-4-5-15(23-14)12-21-10-6-16-17(7-11-21)19-13-20-18(16)22-8-2-3-9-22;2*3-2(4,5)1(6)7/h4-5,13H,2-3,6-12H2,1H3;2*(H,6,7). The number of carbonyl (C=O) groups is 2. The van der Waals surface area contributed by atoms with Gasteiger partial charge in [-0.15, -0.1) is 0 Å². The van der Waals surface area contributed by atoms with E-state index in [0.29, 0.717) is 0 Å². The van der Waals surface area contributed by atoms with Crippen LogP contribution in [0.2, 0.25) is 0 Å². The fraction of sp³-hybridized carbons (Fsp3) is 0.545. The summed E-state index contributed by atoms with van der Waals surface area (Å²) < 4.78 is 69.2. The molecule has 0 saturated carbocycles. The molecule has 0 aromatic carbocycles. The highest BCUT2D eigenvalue weighted by molar-refractivity contribution is 5.73. The number of nitrogens with zero attached hydrogens (tertiary/aromatic N) is 4. The number of carboxylic acid groups (broad SMARTS) is 2. The molecular formula is C22H26F6N4O5. The molecule has 0 spiro atoms. The number of aromatic nitrogens is 2. The van der Waals surface area contributed by atoms with Gasteiger partial charge in [0, 0.05) is 38.2 Å². The molecule has 0 aliphatic carbocycles. The van der Waals surface area contributed by atoms with E-state index in [1.165, 1.54) is 29.9 Å². The average molecular weight is 540 g/mol. The lowest BCUT2D eigenvalue weighted by Gasteiger charge is -2.21. The number of rotatable bonds is 3. The molecule has 2 N–H and O–H groups in total. The number of halogens is 6. The van der Waals surface area contributed by atoms with Crippen molar-refractivity contribution < 1.29 is 50.6 Å². The van der Waals surface area contributed by atoms with Gasteiger partial charge in [0.2, 0.25) is 0 Å². The highest BCUT2D eigenvalue weighted by Crippen LogP contribution is 2.27. The predicted octanol–water partition coefficient (Wildman–Crippen LogP) is 3.85. The van der Waals surface area contributed by atoms with Crippen molar-refractivity contribution in [2.45, 2.75) is 51.5 Å². The molecule has 0 bridgehead atoms. The molecule has 0 atom stereocenters. The Morgan fingerprint density at radius 2 is 1.46 bits per heavy atom. The topological polar surface area (TPSA) is 120 Å². The summed E-state index contributed by atoms with van der Waals surface area (Å²) in [6, 6.07) is 4.13. The van der Waals surface area contributed by atoms with Crippen molar-refractivity contribution in [1.82, 2.24) is 14.9 Å². The van der Waals surface area contributed by atoms with Gasteiger partial charge in [-0.05, 0) is 38.3 Å². The Hall–Kier alpha value is -3.36. The van der Waals surface area contributed by atoms with Crippen LogP contribution < -0.4 is 4.90 Å². The number of carboxylic acids is 2. The fourth-order valence-corrected chi connectivity index (χ4v) is 3.71. The monoisotopic (exact) mass is 540 g/mol. The summed E-state index contributed by atoms with van der Waals surface area (Å²) in [5.74, 6) is -2.29. The van der Waals surface area contributed by atoms with E-state index in [2.05, 4.69) is 25.8 Å². The van der Waals surface area contributed by atoms with E-state index < -0.39 is 24.3 Å². The molecule has 0 amide bonds. The molecule has 2 aromatic heterocycles. The maximum absolute atomic E-state index is 10.6. The van der Waals surface area contributed by atoms with Crippen molar-refractivity contribution >= 4 is 17.8 Å². The highest BCUT2D eigenvalue weighted by Gasteiger charge is 2.38. The molecule has 4 heterocycles. The summed E-state index contributed by atoms with van der Waals surface area (Å²) in [4.78, 5) is 31.9. The lowest BCUT2D eigenvalue weighted by atomic mass is 10.1. The summed E-state index contributed by atoms with van der Waals surface area (Å²) in [6.45, 7) is 7.23. The second-order valence-electron chi connectivity index (χ2n) is 8.21. The number of anilines is 1. The summed E-state index contributed by atoms with van der Waals surface area (Å²) in [7, 11) is 0. The van der Waals surface area contributed by atoms with Crippen LogP contribution in [-0.2, 0) is 29.0 Å². The van der Waals surface area contributed by atoms with Crippen molar-refractivity contribution in [2.24, 2.45) is 0 Å². The number of fused-ring (bicyclic) bond motifs is 1. The molecule has 37 heavy (non-hydrogen) atoms. The van der Waals surface area contributed by atoms with Gasteiger partial charge in [0.1, 0.15) is 23.7 Å². The maximum Gasteiger partial charge on any atom is 0.490 e. The van der Waals surface area contributed by atoms with E-state index >= 15 is 0 Å². The molecule has 2 aromatic rings. The summed E-state index contributed by atoms with van der Waals surface area (Å²) >= 11 is 0. The Morgan fingerprint density at radius 1 is 0.919 bits per heavy atom. The van der Waals surface area contributed by atoms with Gasteiger partial charge in [-0.25, -0.2) is 19.6 Å². The Labute approximate surface area is 207 Å². The zero-order valence-electron chi connectivity index (χ0n) is 19.8. The Kier molecular flexibility index (Phi) is 10.3. The molecule has 2 aliphatic heterocycles. The molecule has 0 unspecified atom stereocenters. The maximum atomic E-state index is 10.6. The second kappa shape index (κ2) is 12.7. The van der Waals surface area contributed by atoms with E-state index in [1.807, 2.05) is 13.0 Å². The number of hydrogen-bond acceptors (Lipinski definition) is 7. The van der Waals surface area contributed by atoms with Gasteiger partial charge < -0.3 is 19.5 Å². The minimum absolute atomic E-state index is 0.883. The van der Waals surface area contributed by atoms with Crippen LogP contribution in [0.3, 0.4) is 0 Å². The molecular weight excluding hydrogens is 514 g/mol. The molecule has 9 nitrogen and oxygen atoms in total. The van der Waals surface area contributed by atoms with E-state index in [4.69, 9.17) is 24.2 Å². The van der Waals surface area contributed by atoms with E-state index in [1.54, 1.807) is 6.33 Å². The molecule has 1 saturated heterocycles. The van der Waals surface area contributed by atoms with Gasteiger partial charge in [0.25, 0.3) is 0 Å². The quantitative estimate of drug-likeness (QED) is 0.560. The van der Waals surface area contributed by atoms with Crippen LogP contribution in [0.15, 0.2) is 22.9 Å². The van der Waals surface area contributed by atoms with Gasteiger partial charge in [-0.2, -0.15) is 26.3 Å². The van der Waals surface area contributed by atoms with Crippen molar-refractivity contribution in [1.29, 1.82) is 0 Å².